The van der Waals surface area contributed by atoms with Gasteiger partial charge in [-0.1, -0.05) is 30.3 Å². The molecule has 0 bridgehead atoms. The Hall–Kier alpha value is -1.53. The summed E-state index contributed by atoms with van der Waals surface area (Å²) in [6.07, 6.45) is 0.830. The Bertz CT molecular complexity index is 580. The van der Waals surface area contributed by atoms with E-state index in [0.29, 0.717) is 0 Å². The number of nitrogens with zero attached hydrogens (tertiary/aromatic N) is 1. The quantitative estimate of drug-likeness (QED) is 0.767. The average Bonchev–Trinajstić information content (AvgIpc) is 2.86. The minimum Gasteiger partial charge on any atom is -0.488 e. The van der Waals surface area contributed by atoms with E-state index >= 15 is 0 Å². The monoisotopic (exact) mass is 257 g/mol. The highest BCUT2D eigenvalue weighted by Gasteiger charge is 2.18. The normalized spacial score (nSPS) is 14.3. The van der Waals surface area contributed by atoms with Crippen molar-refractivity contribution in [3.8, 4) is 16.9 Å². The molecule has 2 nitrogen and oxygen atoms in total. The van der Waals surface area contributed by atoms with Gasteiger partial charge in [0.25, 0.3) is 0 Å². The molecule has 0 fully saturated rings. The van der Waals surface area contributed by atoms with Gasteiger partial charge < -0.3 is 9.64 Å². The van der Waals surface area contributed by atoms with Crippen LogP contribution in [0.1, 0.15) is 0 Å². The van der Waals surface area contributed by atoms with E-state index in [9.17, 15) is 0 Å². The molecular weight excluding hydrogens is 241 g/mol. The molecule has 0 aromatic heterocycles. The predicted molar refractivity (Wildman–Crippen MR) is 79.6 cm³/mol. The Morgan fingerprint density at radius 2 is 1.78 bits per heavy atom. The molecule has 18 heavy (non-hydrogen) atoms. The first-order valence-corrected chi connectivity index (χ1v) is 7.24. The van der Waals surface area contributed by atoms with E-state index in [0.717, 1.165) is 20.7 Å². The second-order valence-electron chi connectivity index (χ2n) is 4.56. The zero-order valence-corrected chi connectivity index (χ0v) is 11.6. The number of anilines is 1. The number of hydrogen-bond donors (Lipinski definition) is 0. The zero-order chi connectivity index (χ0) is 12.5. The minimum absolute atomic E-state index is 0.753. The molecular formula is C15H16NOP. The summed E-state index contributed by atoms with van der Waals surface area (Å²) in [5.41, 5.74) is 3.85. The first kappa shape index (κ1) is 11.6. The highest BCUT2D eigenvalue weighted by Crippen LogP contribution is 2.37. The molecule has 0 saturated carbocycles. The van der Waals surface area contributed by atoms with Crippen LogP contribution in [0.25, 0.3) is 11.1 Å². The Morgan fingerprint density at radius 3 is 2.61 bits per heavy atom. The van der Waals surface area contributed by atoms with Gasteiger partial charge in [-0.15, -0.1) is 0 Å². The number of ether oxygens (including phenoxy) is 1. The third-order valence-corrected chi connectivity index (χ3v) is 4.34. The van der Waals surface area contributed by atoms with Crippen molar-refractivity contribution in [3.05, 3.63) is 42.5 Å². The molecule has 3 rings (SSSR count). The van der Waals surface area contributed by atoms with Gasteiger partial charge in [0.1, 0.15) is 12.1 Å². The Kier molecular flexibility index (Phi) is 2.97. The lowest BCUT2D eigenvalue weighted by atomic mass is 10.0. The van der Waals surface area contributed by atoms with Gasteiger partial charge >= 0.3 is 0 Å². The molecule has 0 amide bonds. The summed E-state index contributed by atoms with van der Waals surface area (Å²) in [6, 6.07) is 14.9. The molecule has 1 heterocycles. The average molecular weight is 257 g/mol. The molecule has 92 valence electrons. The zero-order valence-electron chi connectivity index (χ0n) is 10.6. The van der Waals surface area contributed by atoms with Gasteiger partial charge in [-0.3, -0.25) is 0 Å². The summed E-state index contributed by atoms with van der Waals surface area (Å²) in [5, 5.41) is 1.37. The maximum Gasteiger partial charge on any atom is 0.127 e. The third kappa shape index (κ3) is 1.87. The van der Waals surface area contributed by atoms with Crippen LogP contribution in [0.2, 0.25) is 0 Å². The van der Waals surface area contributed by atoms with Crippen molar-refractivity contribution in [2.75, 3.05) is 25.3 Å². The van der Waals surface area contributed by atoms with E-state index in [4.69, 9.17) is 4.74 Å². The first-order chi connectivity index (χ1) is 8.77. The van der Waals surface area contributed by atoms with E-state index in [-0.39, 0.29) is 0 Å². The maximum atomic E-state index is 5.66. The van der Waals surface area contributed by atoms with Crippen LogP contribution in [0, 0.1) is 0 Å². The van der Waals surface area contributed by atoms with E-state index in [1.165, 1.54) is 22.1 Å². The number of hydrogen-bond acceptors (Lipinski definition) is 2. The second-order valence-corrected chi connectivity index (χ2v) is 5.70. The molecule has 0 saturated heterocycles. The standard InChI is InChI=1S/C15H16NOP/c1-16(2)13-8-4-3-6-11(13)12-7-5-9-14-15(12)18-10-17-14/h3-9,18H,10H2,1-2H3. The van der Waals surface area contributed by atoms with Crippen LogP contribution in [0.15, 0.2) is 42.5 Å². The molecule has 1 aliphatic heterocycles. The highest BCUT2D eigenvalue weighted by molar-refractivity contribution is 7.48. The molecule has 0 aliphatic carbocycles. The fourth-order valence-corrected chi connectivity index (χ4v) is 3.45. The van der Waals surface area contributed by atoms with Crippen LogP contribution >= 0.6 is 8.58 Å². The lowest BCUT2D eigenvalue weighted by Gasteiger charge is -2.18. The van der Waals surface area contributed by atoms with Crippen LogP contribution in [-0.2, 0) is 0 Å². The number of fused-ring (bicyclic) bond motifs is 1. The van der Waals surface area contributed by atoms with Crippen LogP contribution in [0.3, 0.4) is 0 Å². The van der Waals surface area contributed by atoms with E-state index in [2.05, 4.69) is 61.5 Å². The summed E-state index contributed by atoms with van der Waals surface area (Å²) in [4.78, 5) is 2.16. The Balaban J connectivity index is 2.19. The molecule has 0 N–H and O–H groups in total. The van der Waals surface area contributed by atoms with Gasteiger partial charge in [0.15, 0.2) is 0 Å². The highest BCUT2D eigenvalue weighted by atomic mass is 31.1. The van der Waals surface area contributed by atoms with E-state index in [1.54, 1.807) is 0 Å². The van der Waals surface area contributed by atoms with Gasteiger partial charge in [-0.05, 0) is 26.3 Å². The number of benzene rings is 2. The van der Waals surface area contributed by atoms with Crippen molar-refractivity contribution in [3.63, 3.8) is 0 Å². The van der Waals surface area contributed by atoms with E-state index in [1.807, 2.05) is 0 Å². The third-order valence-electron chi connectivity index (χ3n) is 3.18. The summed E-state index contributed by atoms with van der Waals surface area (Å²) in [5.74, 6) is 1.05. The summed E-state index contributed by atoms with van der Waals surface area (Å²) < 4.78 is 5.66. The smallest absolute Gasteiger partial charge is 0.127 e. The van der Waals surface area contributed by atoms with Gasteiger partial charge in [0.05, 0.1) is 0 Å². The van der Waals surface area contributed by atoms with Crippen LogP contribution in [-0.4, -0.2) is 20.4 Å². The predicted octanol–water partition coefficient (Wildman–Crippen LogP) is 3.07. The molecule has 2 aromatic rings. The Labute approximate surface area is 109 Å². The van der Waals surface area contributed by atoms with Crippen molar-refractivity contribution in [1.29, 1.82) is 0 Å². The van der Waals surface area contributed by atoms with Crippen molar-refractivity contribution < 1.29 is 4.74 Å². The maximum absolute atomic E-state index is 5.66. The molecule has 3 heteroatoms. The van der Waals surface area contributed by atoms with Crippen LogP contribution in [0.5, 0.6) is 5.75 Å². The summed E-state index contributed by atoms with van der Waals surface area (Å²) >= 11 is 0. The number of rotatable bonds is 2. The second kappa shape index (κ2) is 4.62. The van der Waals surface area contributed by atoms with Crippen molar-refractivity contribution in [1.82, 2.24) is 0 Å². The molecule has 1 atom stereocenters. The first-order valence-electron chi connectivity index (χ1n) is 6.04. The lowest BCUT2D eigenvalue weighted by molar-refractivity contribution is 0.403. The van der Waals surface area contributed by atoms with Crippen LogP contribution < -0.4 is 14.9 Å². The molecule has 1 aliphatic rings. The SMILES string of the molecule is CN(C)c1ccccc1-c1cccc2c1PCO2. The lowest BCUT2D eigenvalue weighted by Crippen LogP contribution is -2.11. The minimum atomic E-state index is 0.753. The van der Waals surface area contributed by atoms with Crippen molar-refractivity contribution >= 4 is 19.6 Å². The fourth-order valence-electron chi connectivity index (χ4n) is 2.34. The Morgan fingerprint density at radius 1 is 1.00 bits per heavy atom. The molecule has 2 aromatic carbocycles. The molecule has 0 radical (unpaired) electrons. The number of para-hydroxylation sites is 1. The summed E-state index contributed by atoms with van der Waals surface area (Å²) in [6.45, 7) is 0. The largest absolute Gasteiger partial charge is 0.488 e. The van der Waals surface area contributed by atoms with Crippen molar-refractivity contribution in [2.45, 2.75) is 0 Å². The summed E-state index contributed by atoms with van der Waals surface area (Å²) in [7, 11) is 4.92. The van der Waals surface area contributed by atoms with Crippen LogP contribution in [0.4, 0.5) is 5.69 Å². The van der Waals surface area contributed by atoms with Crippen molar-refractivity contribution in [2.24, 2.45) is 0 Å². The fraction of sp³-hybridized carbons (Fsp3) is 0.200. The van der Waals surface area contributed by atoms with Gasteiger partial charge in [-0.2, -0.15) is 0 Å². The van der Waals surface area contributed by atoms with Gasteiger partial charge in [-0.25, -0.2) is 0 Å². The molecule has 0 spiro atoms. The van der Waals surface area contributed by atoms with Gasteiger partial charge in [0.2, 0.25) is 0 Å². The molecule has 1 unspecified atom stereocenters. The van der Waals surface area contributed by atoms with Gasteiger partial charge in [0, 0.05) is 30.7 Å². The van der Waals surface area contributed by atoms with E-state index < -0.39 is 0 Å². The topological polar surface area (TPSA) is 12.5 Å².